The molecule has 38 heavy (non-hydrogen) atoms. The van der Waals surface area contributed by atoms with Crippen molar-refractivity contribution < 1.29 is 0 Å². The van der Waals surface area contributed by atoms with Gasteiger partial charge in [-0.25, -0.2) is 0 Å². The van der Waals surface area contributed by atoms with Crippen molar-refractivity contribution in [3.8, 4) is 0 Å². The summed E-state index contributed by atoms with van der Waals surface area (Å²) in [6, 6.07) is 20.4. The van der Waals surface area contributed by atoms with Gasteiger partial charge in [0.2, 0.25) is 0 Å². The summed E-state index contributed by atoms with van der Waals surface area (Å²) >= 11 is 0. The number of rotatable bonds is 0. The number of hydrogen-bond acceptors (Lipinski definition) is 4. The molecule has 1 fully saturated rings. The zero-order valence-electron chi connectivity index (χ0n) is 25.4. The minimum absolute atomic E-state index is 0.0950. The molecule has 4 nitrogen and oxygen atoms in total. The van der Waals surface area contributed by atoms with Gasteiger partial charge in [-0.1, -0.05) is 48.5 Å². The Morgan fingerprint density at radius 1 is 0.500 bits per heavy atom. The fraction of sp³-hybridized carbons (Fsp3) is 0.647. The van der Waals surface area contributed by atoms with Crippen molar-refractivity contribution in [3.05, 3.63) is 70.8 Å². The van der Waals surface area contributed by atoms with Crippen LogP contribution in [0.4, 0.5) is 0 Å². The monoisotopic (exact) mass is 516 g/mol. The molecule has 6 unspecified atom stereocenters. The van der Waals surface area contributed by atoms with E-state index in [0.717, 1.165) is 52.1 Å². The molecule has 0 spiro atoms. The summed E-state index contributed by atoms with van der Waals surface area (Å²) in [5.41, 5.74) is 6.21. The molecule has 0 saturated carbocycles. The van der Waals surface area contributed by atoms with E-state index in [-0.39, 0.29) is 11.1 Å². The molecule has 5 rings (SSSR count). The third-order valence-corrected chi connectivity index (χ3v) is 10.2. The van der Waals surface area contributed by atoms with Gasteiger partial charge >= 0.3 is 0 Å². The summed E-state index contributed by atoms with van der Waals surface area (Å²) in [7, 11) is 0. The van der Waals surface area contributed by atoms with Crippen molar-refractivity contribution in [2.24, 2.45) is 0 Å². The Hall–Kier alpha value is -1.72. The standard InChI is InChI=1S/C34H52N4/c1-25-17-33(5,6)35-20-28(4)38(24-32-16-12-10-14-30(32)21-35)26(2)18-34(7,8)36-19-27(3)37(25)23-31-15-11-9-13-29(31)22-36/h9-16,25-28H,17-24H2,1-8H3/t25-,26+,27?,28?. The largest absolute Gasteiger partial charge is 0.292 e. The maximum absolute atomic E-state index is 2.81. The summed E-state index contributed by atoms with van der Waals surface area (Å²) in [5.74, 6) is 0. The molecule has 0 aromatic heterocycles. The molecule has 0 N–H and O–H groups in total. The van der Waals surface area contributed by atoms with E-state index in [1.807, 2.05) is 0 Å². The molecule has 4 bridgehead atoms. The Bertz CT molecular complexity index is 1020. The van der Waals surface area contributed by atoms with Crippen LogP contribution in [0.2, 0.25) is 0 Å². The lowest BCUT2D eigenvalue weighted by molar-refractivity contribution is -0.0204. The van der Waals surface area contributed by atoms with E-state index >= 15 is 0 Å². The minimum Gasteiger partial charge on any atom is -0.292 e. The van der Waals surface area contributed by atoms with E-state index in [2.05, 4.69) is 124 Å². The van der Waals surface area contributed by atoms with Crippen LogP contribution >= 0.6 is 0 Å². The van der Waals surface area contributed by atoms with Gasteiger partial charge in [-0.05, 0) is 90.5 Å². The van der Waals surface area contributed by atoms with Gasteiger partial charge in [0.1, 0.15) is 0 Å². The first-order valence-corrected chi connectivity index (χ1v) is 15.1. The first-order chi connectivity index (χ1) is 17.9. The van der Waals surface area contributed by atoms with Crippen molar-refractivity contribution >= 4 is 0 Å². The average molecular weight is 517 g/mol. The number of hydrogen-bond donors (Lipinski definition) is 0. The quantitative estimate of drug-likeness (QED) is 0.395. The topological polar surface area (TPSA) is 13.0 Å². The van der Waals surface area contributed by atoms with Crippen LogP contribution in [0.3, 0.4) is 0 Å². The molecule has 0 radical (unpaired) electrons. The molecule has 208 valence electrons. The van der Waals surface area contributed by atoms with E-state index in [9.17, 15) is 0 Å². The zero-order valence-corrected chi connectivity index (χ0v) is 25.4. The second-order valence-corrected chi connectivity index (χ2v) is 14.1. The minimum atomic E-state index is 0.0950. The molecular weight excluding hydrogens is 464 g/mol. The molecule has 4 heteroatoms. The first-order valence-electron chi connectivity index (χ1n) is 15.1. The lowest BCUT2D eigenvalue weighted by Gasteiger charge is -2.52. The van der Waals surface area contributed by atoms with Crippen LogP contribution in [0.5, 0.6) is 0 Å². The lowest BCUT2D eigenvalue weighted by atomic mass is 9.86. The zero-order chi connectivity index (χ0) is 27.2. The molecule has 8 atom stereocenters. The van der Waals surface area contributed by atoms with E-state index in [4.69, 9.17) is 0 Å². The third-order valence-electron chi connectivity index (χ3n) is 10.2. The van der Waals surface area contributed by atoms with Gasteiger partial charge < -0.3 is 0 Å². The van der Waals surface area contributed by atoms with E-state index < -0.39 is 0 Å². The van der Waals surface area contributed by atoms with Crippen molar-refractivity contribution in [3.63, 3.8) is 0 Å². The predicted molar refractivity (Wildman–Crippen MR) is 160 cm³/mol. The van der Waals surface area contributed by atoms with Gasteiger partial charge in [-0.15, -0.1) is 0 Å². The number of benzene rings is 2. The molecule has 3 aliphatic heterocycles. The van der Waals surface area contributed by atoms with Crippen LogP contribution in [0.25, 0.3) is 0 Å². The maximum Gasteiger partial charge on any atom is 0.0243 e. The second-order valence-electron chi connectivity index (χ2n) is 14.1. The van der Waals surface area contributed by atoms with Crippen LogP contribution < -0.4 is 0 Å². The Morgan fingerprint density at radius 2 is 0.816 bits per heavy atom. The summed E-state index contributed by atoms with van der Waals surface area (Å²) in [5, 5.41) is 0. The van der Waals surface area contributed by atoms with Crippen LogP contribution in [0.15, 0.2) is 48.5 Å². The Balaban J connectivity index is 1.62. The number of fused-ring (bicyclic) bond motifs is 8. The van der Waals surface area contributed by atoms with Gasteiger partial charge in [-0.3, -0.25) is 19.6 Å². The molecular formula is C34H52N4. The molecule has 0 amide bonds. The predicted octanol–water partition coefficient (Wildman–Crippen LogP) is 6.53. The normalized spacial score (nSPS) is 37.1. The Labute approximate surface area is 233 Å². The Kier molecular flexibility index (Phi) is 7.83. The fourth-order valence-electron chi connectivity index (χ4n) is 7.87. The summed E-state index contributed by atoms with van der Waals surface area (Å²) < 4.78 is 0. The Morgan fingerprint density at radius 3 is 1.16 bits per heavy atom. The second kappa shape index (κ2) is 10.7. The van der Waals surface area contributed by atoms with E-state index in [1.54, 1.807) is 0 Å². The van der Waals surface area contributed by atoms with Gasteiger partial charge in [-0.2, -0.15) is 0 Å². The molecule has 1 saturated heterocycles. The van der Waals surface area contributed by atoms with E-state index in [0.29, 0.717) is 24.2 Å². The highest BCUT2D eigenvalue weighted by Gasteiger charge is 2.40. The van der Waals surface area contributed by atoms with Crippen molar-refractivity contribution in [2.45, 2.75) is 130 Å². The van der Waals surface area contributed by atoms with Crippen LogP contribution in [0, 0.1) is 0 Å². The van der Waals surface area contributed by atoms with Crippen LogP contribution in [0.1, 0.15) is 90.5 Å². The highest BCUT2D eigenvalue weighted by Crippen LogP contribution is 2.35. The SMILES string of the molecule is CC1CN2Cc3ccccc3CN1[C@H](C)CC(C)(C)N1Cc3ccccc3CN(C(C)C1)[C@@H](C)CC2(C)C. The fourth-order valence-corrected chi connectivity index (χ4v) is 7.87. The summed E-state index contributed by atoms with van der Waals surface area (Å²) in [6.07, 6.45) is 2.32. The number of nitrogens with zero attached hydrogens (tertiary/aromatic N) is 4. The van der Waals surface area contributed by atoms with Gasteiger partial charge in [0.15, 0.2) is 0 Å². The summed E-state index contributed by atoms with van der Waals surface area (Å²) in [6.45, 7) is 26.3. The van der Waals surface area contributed by atoms with Gasteiger partial charge in [0.25, 0.3) is 0 Å². The van der Waals surface area contributed by atoms with Crippen LogP contribution in [-0.2, 0) is 26.2 Å². The smallest absolute Gasteiger partial charge is 0.0243 e. The third kappa shape index (κ3) is 5.61. The highest BCUT2D eigenvalue weighted by molar-refractivity contribution is 5.29. The maximum atomic E-state index is 2.81. The molecule has 0 aliphatic carbocycles. The van der Waals surface area contributed by atoms with E-state index in [1.165, 1.54) is 22.3 Å². The molecule has 2 aromatic carbocycles. The molecule has 3 heterocycles. The molecule has 2 aromatic rings. The first kappa shape index (κ1) is 27.8. The highest BCUT2D eigenvalue weighted by atomic mass is 15.3. The van der Waals surface area contributed by atoms with Crippen molar-refractivity contribution in [1.82, 2.24) is 19.6 Å². The lowest BCUT2D eigenvalue weighted by Crippen LogP contribution is -2.59. The van der Waals surface area contributed by atoms with Gasteiger partial charge in [0.05, 0.1) is 0 Å². The van der Waals surface area contributed by atoms with Crippen LogP contribution in [-0.4, -0.2) is 67.9 Å². The summed E-state index contributed by atoms with van der Waals surface area (Å²) in [4.78, 5) is 11.2. The molecule has 3 aliphatic rings. The van der Waals surface area contributed by atoms with Crippen molar-refractivity contribution in [2.75, 3.05) is 13.1 Å². The van der Waals surface area contributed by atoms with Gasteiger partial charge in [0, 0.05) is 74.5 Å². The van der Waals surface area contributed by atoms with Crippen molar-refractivity contribution in [1.29, 1.82) is 0 Å². The average Bonchev–Trinajstić information content (AvgIpc) is 2.82.